The minimum atomic E-state index is -0.0892. The molecule has 0 bridgehead atoms. The standard InChI is InChI=1S/C25H25N3O2/c1-27(2)16-19-10-4-3-9-18(19)15-26-24(29)17-28-22-13-7-5-11-20(22)25(30)21-12-6-8-14-23(21)28/h3-14H,15-17H2,1-2H3,(H,26,29). The lowest BCUT2D eigenvalue weighted by molar-refractivity contribution is -0.121. The maximum Gasteiger partial charge on any atom is 0.240 e. The van der Waals surface area contributed by atoms with Gasteiger partial charge >= 0.3 is 0 Å². The van der Waals surface area contributed by atoms with Gasteiger partial charge in [0.25, 0.3) is 0 Å². The monoisotopic (exact) mass is 399 g/mol. The van der Waals surface area contributed by atoms with Gasteiger partial charge in [0.2, 0.25) is 5.91 Å². The zero-order chi connectivity index (χ0) is 21.1. The van der Waals surface area contributed by atoms with E-state index in [0.717, 1.165) is 23.1 Å². The van der Waals surface area contributed by atoms with Crippen molar-refractivity contribution < 1.29 is 4.79 Å². The van der Waals surface area contributed by atoms with Gasteiger partial charge in [-0.25, -0.2) is 0 Å². The highest BCUT2D eigenvalue weighted by Gasteiger charge is 2.13. The van der Waals surface area contributed by atoms with Gasteiger partial charge in [0, 0.05) is 23.9 Å². The van der Waals surface area contributed by atoms with Crippen molar-refractivity contribution in [3.05, 3.63) is 94.1 Å². The van der Waals surface area contributed by atoms with Crippen LogP contribution in [0.2, 0.25) is 0 Å². The third-order valence-corrected chi connectivity index (χ3v) is 5.26. The van der Waals surface area contributed by atoms with Crippen LogP contribution in [0.1, 0.15) is 11.1 Å². The van der Waals surface area contributed by atoms with Gasteiger partial charge in [0.15, 0.2) is 5.43 Å². The van der Waals surface area contributed by atoms with Gasteiger partial charge < -0.3 is 14.8 Å². The molecular formula is C25H25N3O2. The fourth-order valence-corrected chi connectivity index (χ4v) is 3.87. The number of nitrogens with zero attached hydrogens (tertiary/aromatic N) is 2. The summed E-state index contributed by atoms with van der Waals surface area (Å²) in [7, 11) is 4.06. The van der Waals surface area contributed by atoms with E-state index in [0.29, 0.717) is 17.3 Å². The summed E-state index contributed by atoms with van der Waals surface area (Å²) < 4.78 is 1.92. The number of fused-ring (bicyclic) bond motifs is 2. The molecule has 5 heteroatoms. The lowest BCUT2D eigenvalue weighted by Crippen LogP contribution is -2.28. The van der Waals surface area contributed by atoms with E-state index in [2.05, 4.69) is 16.3 Å². The van der Waals surface area contributed by atoms with Crippen LogP contribution in [0.15, 0.2) is 77.6 Å². The predicted molar refractivity (Wildman–Crippen MR) is 121 cm³/mol. The van der Waals surface area contributed by atoms with E-state index in [1.54, 1.807) is 0 Å². The average molecular weight is 399 g/mol. The van der Waals surface area contributed by atoms with Crippen molar-refractivity contribution >= 4 is 27.7 Å². The first-order valence-corrected chi connectivity index (χ1v) is 10.0. The Bertz CT molecular complexity index is 1210. The summed E-state index contributed by atoms with van der Waals surface area (Å²) in [6.07, 6.45) is 0. The van der Waals surface area contributed by atoms with Gasteiger partial charge in [0.1, 0.15) is 6.54 Å². The molecule has 0 spiro atoms. The topological polar surface area (TPSA) is 54.3 Å². The fourth-order valence-electron chi connectivity index (χ4n) is 3.87. The molecule has 1 N–H and O–H groups in total. The normalized spacial score (nSPS) is 11.3. The average Bonchev–Trinajstić information content (AvgIpc) is 2.75. The van der Waals surface area contributed by atoms with E-state index in [9.17, 15) is 9.59 Å². The molecule has 0 fully saturated rings. The predicted octanol–water partition coefficient (Wildman–Crippen LogP) is 3.53. The van der Waals surface area contributed by atoms with Crippen molar-refractivity contribution in [2.24, 2.45) is 0 Å². The van der Waals surface area contributed by atoms with Crippen molar-refractivity contribution in [1.29, 1.82) is 0 Å². The number of benzene rings is 3. The van der Waals surface area contributed by atoms with Crippen molar-refractivity contribution in [2.45, 2.75) is 19.6 Å². The zero-order valence-electron chi connectivity index (χ0n) is 17.3. The van der Waals surface area contributed by atoms with Crippen LogP contribution in [-0.2, 0) is 24.4 Å². The molecule has 0 radical (unpaired) electrons. The highest BCUT2D eigenvalue weighted by atomic mass is 16.2. The molecule has 1 heterocycles. The van der Waals surface area contributed by atoms with E-state index in [1.165, 1.54) is 5.56 Å². The second kappa shape index (κ2) is 8.51. The summed E-state index contributed by atoms with van der Waals surface area (Å²) in [5, 5.41) is 4.30. The fraction of sp³-hybridized carbons (Fsp3) is 0.200. The number of para-hydroxylation sites is 2. The summed E-state index contributed by atoms with van der Waals surface area (Å²) >= 11 is 0. The maximum atomic E-state index is 12.9. The van der Waals surface area contributed by atoms with Crippen LogP contribution in [0.3, 0.4) is 0 Å². The van der Waals surface area contributed by atoms with Crippen LogP contribution >= 0.6 is 0 Å². The Morgan fingerprint density at radius 1 is 0.833 bits per heavy atom. The third-order valence-electron chi connectivity index (χ3n) is 5.26. The van der Waals surface area contributed by atoms with Crippen LogP contribution < -0.4 is 10.7 Å². The number of rotatable bonds is 6. The van der Waals surface area contributed by atoms with Gasteiger partial charge in [-0.1, -0.05) is 48.5 Å². The number of carbonyl (C=O) groups excluding carboxylic acids is 1. The van der Waals surface area contributed by atoms with E-state index in [-0.39, 0.29) is 17.9 Å². The second-order valence-electron chi connectivity index (χ2n) is 7.73. The maximum absolute atomic E-state index is 12.9. The zero-order valence-corrected chi connectivity index (χ0v) is 17.3. The van der Waals surface area contributed by atoms with Crippen LogP contribution in [0, 0.1) is 0 Å². The number of aromatic nitrogens is 1. The third kappa shape index (κ3) is 3.98. The number of carbonyl (C=O) groups is 1. The molecule has 0 atom stereocenters. The summed E-state index contributed by atoms with van der Waals surface area (Å²) in [6.45, 7) is 1.44. The van der Waals surface area contributed by atoms with Gasteiger partial charge in [-0.2, -0.15) is 0 Å². The Morgan fingerprint density at radius 2 is 1.37 bits per heavy atom. The minimum Gasteiger partial charge on any atom is -0.350 e. The van der Waals surface area contributed by atoms with Crippen LogP contribution in [0.5, 0.6) is 0 Å². The Hall–Kier alpha value is -3.44. The van der Waals surface area contributed by atoms with Crippen LogP contribution in [-0.4, -0.2) is 29.5 Å². The van der Waals surface area contributed by atoms with Crippen LogP contribution in [0.4, 0.5) is 0 Å². The minimum absolute atomic E-state index is 0.00419. The molecule has 30 heavy (non-hydrogen) atoms. The molecule has 0 aliphatic heterocycles. The smallest absolute Gasteiger partial charge is 0.240 e. The quantitative estimate of drug-likeness (QED) is 0.505. The van der Waals surface area contributed by atoms with Crippen molar-refractivity contribution in [3.63, 3.8) is 0 Å². The largest absolute Gasteiger partial charge is 0.350 e. The molecule has 1 aromatic heterocycles. The molecule has 0 aliphatic carbocycles. The SMILES string of the molecule is CN(C)Cc1ccccc1CNC(=O)Cn1c2ccccc2c(=O)c2ccccc21. The number of pyridine rings is 1. The lowest BCUT2D eigenvalue weighted by atomic mass is 10.1. The van der Waals surface area contributed by atoms with Crippen molar-refractivity contribution in [2.75, 3.05) is 14.1 Å². The lowest BCUT2D eigenvalue weighted by Gasteiger charge is -2.17. The number of hydrogen-bond donors (Lipinski definition) is 1. The first kappa shape index (κ1) is 19.9. The number of nitrogens with one attached hydrogen (secondary N) is 1. The second-order valence-corrected chi connectivity index (χ2v) is 7.73. The summed E-state index contributed by atoms with van der Waals surface area (Å²) in [5.41, 5.74) is 3.83. The van der Waals surface area contributed by atoms with Gasteiger partial charge in [-0.3, -0.25) is 9.59 Å². The highest BCUT2D eigenvalue weighted by molar-refractivity contribution is 5.94. The van der Waals surface area contributed by atoms with E-state index >= 15 is 0 Å². The van der Waals surface area contributed by atoms with E-state index < -0.39 is 0 Å². The Kier molecular flexibility index (Phi) is 5.63. The summed E-state index contributed by atoms with van der Waals surface area (Å²) in [6, 6.07) is 23.0. The first-order chi connectivity index (χ1) is 14.5. The molecule has 152 valence electrons. The highest BCUT2D eigenvalue weighted by Crippen LogP contribution is 2.19. The Labute approximate surface area is 175 Å². The van der Waals surface area contributed by atoms with Crippen molar-refractivity contribution in [1.82, 2.24) is 14.8 Å². The van der Waals surface area contributed by atoms with Gasteiger partial charge in [-0.15, -0.1) is 0 Å². The summed E-state index contributed by atoms with van der Waals surface area (Å²) in [4.78, 5) is 27.8. The summed E-state index contributed by atoms with van der Waals surface area (Å²) in [5.74, 6) is -0.0892. The molecule has 1 amide bonds. The van der Waals surface area contributed by atoms with E-state index in [1.807, 2.05) is 85.4 Å². The molecule has 0 unspecified atom stereocenters. The molecule has 4 rings (SSSR count). The molecule has 4 aromatic rings. The first-order valence-electron chi connectivity index (χ1n) is 10.0. The molecular weight excluding hydrogens is 374 g/mol. The number of hydrogen-bond acceptors (Lipinski definition) is 3. The molecule has 5 nitrogen and oxygen atoms in total. The molecule has 0 aliphatic rings. The van der Waals surface area contributed by atoms with Crippen molar-refractivity contribution in [3.8, 4) is 0 Å². The molecule has 0 saturated carbocycles. The van der Waals surface area contributed by atoms with Gasteiger partial charge in [-0.05, 0) is 49.5 Å². The van der Waals surface area contributed by atoms with Crippen LogP contribution in [0.25, 0.3) is 21.8 Å². The van der Waals surface area contributed by atoms with Gasteiger partial charge in [0.05, 0.1) is 11.0 Å². The molecule has 0 saturated heterocycles. The number of amides is 1. The molecule has 3 aromatic carbocycles. The Morgan fingerprint density at radius 3 is 1.97 bits per heavy atom. The Balaban J connectivity index is 1.63. The van der Waals surface area contributed by atoms with E-state index in [4.69, 9.17) is 0 Å².